The van der Waals surface area contributed by atoms with Crippen LogP contribution in [0.3, 0.4) is 0 Å². The minimum atomic E-state index is -3.31. The van der Waals surface area contributed by atoms with Crippen LogP contribution in [0.5, 0.6) is 0 Å². The van der Waals surface area contributed by atoms with Crippen LogP contribution < -0.4 is 10.6 Å². The van der Waals surface area contributed by atoms with Crippen LogP contribution in [0.15, 0.2) is 78.2 Å². The molecule has 0 saturated carbocycles. The van der Waals surface area contributed by atoms with Gasteiger partial charge in [0.15, 0.2) is 9.84 Å². The van der Waals surface area contributed by atoms with Gasteiger partial charge >= 0.3 is 0 Å². The lowest BCUT2D eigenvalue weighted by Gasteiger charge is -2.22. The molecule has 1 saturated heterocycles. The van der Waals surface area contributed by atoms with Gasteiger partial charge in [-0.15, -0.1) is 12.4 Å². The normalized spacial score (nSPS) is 14.4. The lowest BCUT2D eigenvalue weighted by molar-refractivity contribution is 0.496. The van der Waals surface area contributed by atoms with Crippen molar-refractivity contribution in [3.05, 3.63) is 84.4 Å². The van der Waals surface area contributed by atoms with Crippen LogP contribution in [0.4, 0.5) is 11.6 Å². The Morgan fingerprint density at radius 3 is 2.17 bits per heavy atom. The van der Waals surface area contributed by atoms with Crippen molar-refractivity contribution in [3.8, 4) is 11.4 Å². The smallest absolute Gasteiger partial charge is 0.227 e. The van der Waals surface area contributed by atoms with Gasteiger partial charge in [-0.05, 0) is 55.8 Å². The molecule has 36 heavy (non-hydrogen) atoms. The lowest BCUT2D eigenvalue weighted by atomic mass is 10.1. The monoisotopic (exact) mass is 522 g/mol. The molecule has 1 aliphatic rings. The van der Waals surface area contributed by atoms with Crippen molar-refractivity contribution in [3.63, 3.8) is 0 Å². The van der Waals surface area contributed by atoms with E-state index in [1.165, 1.54) is 0 Å². The first-order valence-electron chi connectivity index (χ1n) is 11.5. The fourth-order valence-electron chi connectivity index (χ4n) is 4.01. The number of hydrogen-bond donors (Lipinski definition) is 3. The zero-order valence-electron chi connectivity index (χ0n) is 19.5. The number of sulfone groups is 1. The highest BCUT2D eigenvalue weighted by atomic mass is 35.5. The van der Waals surface area contributed by atoms with Crippen molar-refractivity contribution in [1.82, 2.24) is 25.3 Å². The van der Waals surface area contributed by atoms with Gasteiger partial charge in [-0.1, -0.05) is 36.4 Å². The Hall–Kier alpha value is -3.53. The first-order chi connectivity index (χ1) is 17.1. The Balaban J connectivity index is 0.00000304. The Morgan fingerprint density at radius 1 is 0.861 bits per heavy atom. The van der Waals surface area contributed by atoms with E-state index in [-0.39, 0.29) is 17.7 Å². The maximum atomic E-state index is 12.8. The molecule has 0 aliphatic carbocycles. The van der Waals surface area contributed by atoms with E-state index in [9.17, 15) is 8.42 Å². The fourth-order valence-corrected chi connectivity index (χ4v) is 5.77. The van der Waals surface area contributed by atoms with E-state index in [0.29, 0.717) is 23.7 Å². The van der Waals surface area contributed by atoms with Crippen LogP contribution in [0.1, 0.15) is 24.0 Å². The van der Waals surface area contributed by atoms with Crippen LogP contribution in [0, 0.1) is 0 Å². The summed E-state index contributed by atoms with van der Waals surface area (Å²) in [6.45, 7) is 1.48. The molecule has 1 aliphatic heterocycles. The highest BCUT2D eigenvalue weighted by molar-refractivity contribution is 7.92. The van der Waals surface area contributed by atoms with E-state index < -0.39 is 9.84 Å². The Labute approximate surface area is 216 Å². The van der Waals surface area contributed by atoms with E-state index >= 15 is 0 Å². The van der Waals surface area contributed by atoms with Crippen molar-refractivity contribution < 1.29 is 8.42 Å². The van der Waals surface area contributed by atoms with Crippen LogP contribution in [-0.4, -0.2) is 46.7 Å². The summed E-state index contributed by atoms with van der Waals surface area (Å²) < 4.78 is 25.7. The molecule has 0 atom stereocenters. The number of nitrogens with zero attached hydrogens (tertiary/aromatic N) is 3. The zero-order valence-corrected chi connectivity index (χ0v) is 21.1. The van der Waals surface area contributed by atoms with Crippen LogP contribution in [0.25, 0.3) is 23.5 Å². The Kier molecular flexibility index (Phi) is 8.14. The molecule has 4 aromatic rings. The highest BCUT2D eigenvalue weighted by Crippen LogP contribution is 2.24. The molecule has 3 N–H and O–H groups in total. The molecule has 0 unspecified atom stereocenters. The van der Waals surface area contributed by atoms with Gasteiger partial charge in [-0.2, -0.15) is 0 Å². The molecule has 186 valence electrons. The average Bonchev–Trinajstić information content (AvgIpc) is 3.45. The van der Waals surface area contributed by atoms with E-state index in [4.69, 9.17) is 0 Å². The average molecular weight is 523 g/mol. The van der Waals surface area contributed by atoms with E-state index in [2.05, 4.69) is 30.6 Å². The summed E-state index contributed by atoms with van der Waals surface area (Å²) in [5, 5.41) is 6.01. The van der Waals surface area contributed by atoms with Gasteiger partial charge in [0.25, 0.3) is 0 Å². The molecule has 3 heterocycles. The first kappa shape index (κ1) is 25.6. The maximum Gasteiger partial charge on any atom is 0.227 e. The third-order valence-electron chi connectivity index (χ3n) is 5.99. The lowest BCUT2D eigenvalue weighted by Crippen LogP contribution is -2.35. The number of H-pyrrole nitrogens is 1. The molecular formula is C26H27ClN6O2S. The second-order valence-corrected chi connectivity index (χ2v) is 10.6. The summed E-state index contributed by atoms with van der Waals surface area (Å²) in [6, 6.07) is 14.9. The second-order valence-electron chi connectivity index (χ2n) is 8.38. The number of nitrogens with one attached hydrogen (secondary N) is 3. The number of halogens is 1. The van der Waals surface area contributed by atoms with Crippen molar-refractivity contribution >= 4 is 46.0 Å². The van der Waals surface area contributed by atoms with Gasteiger partial charge in [-0.3, -0.25) is 0 Å². The number of rotatable bonds is 7. The third kappa shape index (κ3) is 5.99. The minimum Gasteiger partial charge on any atom is -0.345 e. The van der Waals surface area contributed by atoms with Gasteiger partial charge in [0.2, 0.25) is 5.95 Å². The number of piperidine rings is 1. The topological polar surface area (TPSA) is 113 Å². The number of aromatic nitrogens is 4. The summed E-state index contributed by atoms with van der Waals surface area (Å²) in [4.78, 5) is 16.4. The molecule has 0 amide bonds. The molecule has 2 aromatic carbocycles. The molecule has 8 nitrogen and oxygen atoms in total. The van der Waals surface area contributed by atoms with E-state index in [0.717, 1.165) is 41.3 Å². The van der Waals surface area contributed by atoms with Gasteiger partial charge in [0.05, 0.1) is 10.1 Å². The number of benzene rings is 2. The number of anilines is 2. The highest BCUT2D eigenvalue weighted by Gasteiger charge is 2.28. The third-order valence-corrected chi connectivity index (χ3v) is 8.26. The summed E-state index contributed by atoms with van der Waals surface area (Å²) >= 11 is 0. The summed E-state index contributed by atoms with van der Waals surface area (Å²) in [5.74, 6) is 1.29. The van der Waals surface area contributed by atoms with Crippen molar-refractivity contribution in [2.45, 2.75) is 23.0 Å². The largest absolute Gasteiger partial charge is 0.345 e. The van der Waals surface area contributed by atoms with Gasteiger partial charge in [-0.25, -0.2) is 23.4 Å². The molecule has 0 radical (unpaired) electrons. The maximum absolute atomic E-state index is 12.8. The number of imidazole rings is 1. The van der Waals surface area contributed by atoms with Gasteiger partial charge in [0, 0.05) is 41.6 Å². The predicted molar refractivity (Wildman–Crippen MR) is 145 cm³/mol. The Morgan fingerprint density at radius 2 is 1.53 bits per heavy atom. The molecule has 2 aromatic heterocycles. The summed E-state index contributed by atoms with van der Waals surface area (Å²) in [5.41, 5.74) is 3.69. The molecule has 10 heteroatoms. The second kappa shape index (κ2) is 11.5. The van der Waals surface area contributed by atoms with Crippen LogP contribution in [0.2, 0.25) is 0 Å². The van der Waals surface area contributed by atoms with E-state index in [1.807, 2.05) is 36.4 Å². The van der Waals surface area contributed by atoms with Crippen LogP contribution in [-0.2, 0) is 9.84 Å². The molecule has 5 rings (SSSR count). The van der Waals surface area contributed by atoms with Gasteiger partial charge < -0.3 is 15.6 Å². The molecule has 0 bridgehead atoms. The number of aromatic amines is 1. The first-order valence-corrected chi connectivity index (χ1v) is 13.0. The minimum absolute atomic E-state index is 0. The van der Waals surface area contributed by atoms with Crippen molar-refractivity contribution in [2.24, 2.45) is 0 Å². The molecule has 1 fully saturated rings. The van der Waals surface area contributed by atoms with Crippen molar-refractivity contribution in [2.75, 3.05) is 18.4 Å². The molecular weight excluding hydrogens is 496 g/mol. The van der Waals surface area contributed by atoms with Crippen molar-refractivity contribution in [1.29, 1.82) is 0 Å². The quantitative estimate of drug-likeness (QED) is 0.321. The standard InChI is InChI=1S/C26H26N6O2S.ClH/c33-35(34,24-11-13-27-14-12-24)23-9-7-22(8-10-23)32-26-30-17-20(18-31-26)2-1-19-3-5-21(6-4-19)25-28-15-16-29-25;/h1-10,15-18,24,27H,11-14H2,(H,28,29)(H,30,31,32);1H. The fraction of sp³-hybridized carbons (Fsp3) is 0.192. The van der Waals surface area contributed by atoms with Crippen LogP contribution >= 0.6 is 12.4 Å². The summed E-state index contributed by atoms with van der Waals surface area (Å²) in [7, 11) is -3.31. The van der Waals surface area contributed by atoms with E-state index in [1.54, 1.807) is 49.1 Å². The Bertz CT molecular complexity index is 1380. The predicted octanol–water partition coefficient (Wildman–Crippen LogP) is 4.73. The zero-order chi connectivity index (χ0) is 24.1. The summed E-state index contributed by atoms with van der Waals surface area (Å²) in [6.07, 6.45) is 12.2. The number of hydrogen-bond acceptors (Lipinski definition) is 7. The molecule has 0 spiro atoms. The SMILES string of the molecule is Cl.O=S(=O)(c1ccc(Nc2ncc(C=Cc3ccc(-c4ncc[nH]4)cc3)cn2)cc1)C1CCNCC1. The van der Waals surface area contributed by atoms with Gasteiger partial charge in [0.1, 0.15) is 5.82 Å².